The number of tetrazole rings is 1. The largest absolute Gasteiger partial charge is 0.487 e. The molecule has 2 fully saturated rings. The van der Waals surface area contributed by atoms with Gasteiger partial charge in [0.25, 0.3) is 5.88 Å². The highest BCUT2D eigenvalue weighted by Gasteiger charge is 2.29. The average molecular weight is 666 g/mol. The van der Waals surface area contributed by atoms with Gasteiger partial charge in [-0.15, -0.1) is 10.2 Å². The zero-order valence-electron chi connectivity index (χ0n) is 27.6. The van der Waals surface area contributed by atoms with E-state index in [1.165, 1.54) is 6.33 Å². The van der Waals surface area contributed by atoms with Gasteiger partial charge in [-0.25, -0.2) is 14.6 Å². The number of hydrogen-bond acceptors (Lipinski definition) is 13. The molecule has 2 aliphatic rings. The van der Waals surface area contributed by atoms with Gasteiger partial charge in [0, 0.05) is 50.3 Å². The van der Waals surface area contributed by atoms with Crippen LogP contribution in [0, 0.1) is 11.3 Å². The van der Waals surface area contributed by atoms with Crippen LogP contribution < -0.4 is 14.8 Å². The number of aryl methyl sites for hydroxylation is 1. The van der Waals surface area contributed by atoms with E-state index in [2.05, 4.69) is 46.9 Å². The first-order chi connectivity index (χ1) is 24.0. The predicted octanol–water partition coefficient (Wildman–Crippen LogP) is 3.54. The van der Waals surface area contributed by atoms with Crippen molar-refractivity contribution in [3.63, 3.8) is 0 Å². The van der Waals surface area contributed by atoms with Gasteiger partial charge in [0.05, 0.1) is 43.3 Å². The standard InChI is InChI=1S/C33H39N13O3/c1-23(19-45-22-37-41-42-45)49-31-15-24(3-4-25(31)16-34)26-17-35-33(36-18-26)39-30-20-46(40-32(30)48-21-29-9-10-38-43(29)2)28-7-5-27(6-8-28)44-11-13-47-14-12-44/h3-4,9-10,15,17-18,20,22-23,27-28H,5-8,11-14,19,21H2,1-2H3,(H,35,36,39)/t23-,27?,28?/m0/s1. The van der Waals surface area contributed by atoms with Crippen LogP contribution in [0.25, 0.3) is 11.1 Å². The van der Waals surface area contributed by atoms with Crippen LogP contribution in [-0.2, 0) is 24.9 Å². The fraction of sp³-hybridized carbons (Fsp3) is 0.455. The Morgan fingerprint density at radius 2 is 1.86 bits per heavy atom. The molecule has 1 aromatic carbocycles. The number of nitrogens with one attached hydrogen (secondary N) is 1. The molecule has 0 bridgehead atoms. The van der Waals surface area contributed by atoms with Crippen molar-refractivity contribution >= 4 is 11.6 Å². The lowest BCUT2D eigenvalue weighted by Crippen LogP contribution is -2.45. The van der Waals surface area contributed by atoms with Gasteiger partial charge in [-0.2, -0.15) is 10.4 Å². The Hall–Kier alpha value is -5.40. The fourth-order valence-corrected chi connectivity index (χ4v) is 6.41. The molecule has 1 saturated heterocycles. The van der Waals surface area contributed by atoms with Crippen molar-refractivity contribution in [3.8, 4) is 28.8 Å². The minimum Gasteiger partial charge on any atom is -0.487 e. The monoisotopic (exact) mass is 665 g/mol. The van der Waals surface area contributed by atoms with Crippen LogP contribution in [0.3, 0.4) is 0 Å². The Morgan fingerprint density at radius 1 is 1.06 bits per heavy atom. The molecule has 49 heavy (non-hydrogen) atoms. The lowest BCUT2D eigenvalue weighted by atomic mass is 9.90. The van der Waals surface area contributed by atoms with Crippen LogP contribution in [-0.4, -0.2) is 93.1 Å². The van der Waals surface area contributed by atoms with E-state index >= 15 is 0 Å². The molecule has 0 unspecified atom stereocenters. The van der Waals surface area contributed by atoms with Crippen LogP contribution in [0.4, 0.5) is 11.6 Å². The number of aromatic nitrogens is 10. The molecule has 16 heteroatoms. The summed E-state index contributed by atoms with van der Waals surface area (Å²) in [7, 11) is 1.89. The van der Waals surface area contributed by atoms with E-state index in [0.717, 1.165) is 68.8 Å². The number of benzene rings is 1. The number of ether oxygens (including phenoxy) is 3. The minimum atomic E-state index is -0.274. The molecular formula is C33H39N13O3. The molecule has 0 spiro atoms. The maximum Gasteiger partial charge on any atom is 0.257 e. The summed E-state index contributed by atoms with van der Waals surface area (Å²) in [6.45, 7) is 6.32. The number of morpholine rings is 1. The lowest BCUT2D eigenvalue weighted by Gasteiger charge is -2.38. The third-order valence-electron chi connectivity index (χ3n) is 9.08. The molecule has 0 radical (unpaired) electrons. The van der Waals surface area contributed by atoms with E-state index in [0.29, 0.717) is 48.0 Å². The minimum absolute atomic E-state index is 0.274. The summed E-state index contributed by atoms with van der Waals surface area (Å²) in [5.41, 5.74) is 3.64. The number of nitriles is 1. The van der Waals surface area contributed by atoms with Crippen molar-refractivity contribution in [3.05, 3.63) is 66.6 Å². The van der Waals surface area contributed by atoms with Gasteiger partial charge in [-0.3, -0.25) is 14.3 Å². The maximum absolute atomic E-state index is 9.68. The molecule has 4 aromatic heterocycles. The maximum atomic E-state index is 9.68. The SMILES string of the molecule is C[C@@H](Cn1cnnn1)Oc1cc(-c2cnc(Nc3cn(C4CCC(N5CCOCC5)CC4)nc3OCc3ccnn3C)nc2)ccc1C#N. The zero-order chi connectivity index (χ0) is 33.6. The van der Waals surface area contributed by atoms with Crippen LogP contribution in [0.15, 0.2) is 55.4 Å². The Labute approximate surface area is 283 Å². The van der Waals surface area contributed by atoms with Gasteiger partial charge < -0.3 is 19.5 Å². The first-order valence-electron chi connectivity index (χ1n) is 16.5. The van der Waals surface area contributed by atoms with Gasteiger partial charge in [-0.05, 0) is 66.8 Å². The van der Waals surface area contributed by atoms with Crippen LogP contribution in [0.5, 0.6) is 11.6 Å². The first kappa shape index (κ1) is 32.2. The van der Waals surface area contributed by atoms with Crippen molar-refractivity contribution < 1.29 is 14.2 Å². The van der Waals surface area contributed by atoms with Gasteiger partial charge in [0.2, 0.25) is 5.95 Å². The van der Waals surface area contributed by atoms with Crippen molar-refractivity contribution in [2.45, 2.75) is 63.9 Å². The molecule has 1 N–H and O–H groups in total. The van der Waals surface area contributed by atoms with E-state index in [-0.39, 0.29) is 12.1 Å². The highest BCUT2D eigenvalue weighted by Crippen LogP contribution is 2.35. The summed E-state index contributed by atoms with van der Waals surface area (Å²) in [5.74, 6) is 1.35. The Kier molecular flexibility index (Phi) is 9.71. The molecule has 1 saturated carbocycles. The second-order valence-corrected chi connectivity index (χ2v) is 12.4. The summed E-state index contributed by atoms with van der Waals surface area (Å²) in [5, 5.41) is 33.4. The summed E-state index contributed by atoms with van der Waals surface area (Å²) in [6, 6.07) is 10.4. The van der Waals surface area contributed by atoms with Crippen molar-refractivity contribution in [1.29, 1.82) is 5.26 Å². The molecule has 1 aliphatic heterocycles. The highest BCUT2D eigenvalue weighted by molar-refractivity contribution is 5.67. The van der Waals surface area contributed by atoms with Crippen molar-refractivity contribution in [2.24, 2.45) is 7.05 Å². The number of nitrogens with zero attached hydrogens (tertiary/aromatic N) is 12. The van der Waals surface area contributed by atoms with Gasteiger partial charge in [-0.1, -0.05) is 6.07 Å². The molecule has 5 heterocycles. The molecule has 1 aliphatic carbocycles. The first-order valence-corrected chi connectivity index (χ1v) is 16.5. The summed E-state index contributed by atoms with van der Waals surface area (Å²) in [6.07, 6.45) is 12.8. The summed E-state index contributed by atoms with van der Waals surface area (Å²) < 4.78 is 23.3. The molecule has 5 aromatic rings. The quantitative estimate of drug-likeness (QED) is 0.205. The fourth-order valence-electron chi connectivity index (χ4n) is 6.41. The number of anilines is 2. The average Bonchev–Trinajstić information content (AvgIpc) is 3.90. The third-order valence-corrected chi connectivity index (χ3v) is 9.08. The third kappa shape index (κ3) is 7.68. The van der Waals surface area contributed by atoms with Crippen LogP contribution in [0.1, 0.15) is 49.9 Å². The number of hydrogen-bond donors (Lipinski definition) is 1. The molecule has 254 valence electrons. The molecule has 7 rings (SSSR count). The van der Waals surface area contributed by atoms with E-state index in [1.54, 1.807) is 34.0 Å². The second kappa shape index (κ2) is 14.8. The van der Waals surface area contributed by atoms with E-state index in [1.807, 2.05) is 43.0 Å². The van der Waals surface area contributed by atoms with Crippen molar-refractivity contribution in [1.82, 2.24) is 54.6 Å². The van der Waals surface area contributed by atoms with Crippen LogP contribution >= 0.6 is 0 Å². The Bertz CT molecular complexity index is 1850. The molecule has 0 amide bonds. The van der Waals surface area contributed by atoms with Gasteiger partial charge in [0.15, 0.2) is 0 Å². The zero-order valence-corrected chi connectivity index (χ0v) is 27.6. The Balaban J connectivity index is 1.05. The van der Waals surface area contributed by atoms with Crippen LogP contribution in [0.2, 0.25) is 0 Å². The normalized spacial score (nSPS) is 18.9. The second-order valence-electron chi connectivity index (χ2n) is 12.4. The molecule has 16 nitrogen and oxygen atoms in total. The van der Waals surface area contributed by atoms with E-state index in [4.69, 9.17) is 19.3 Å². The van der Waals surface area contributed by atoms with E-state index < -0.39 is 0 Å². The summed E-state index contributed by atoms with van der Waals surface area (Å²) in [4.78, 5) is 11.8. The topological polar surface area (TPSA) is 172 Å². The molecule has 1 atom stereocenters. The lowest BCUT2D eigenvalue weighted by molar-refractivity contribution is 0.00502. The number of rotatable bonds is 12. The molecular weight excluding hydrogens is 626 g/mol. The van der Waals surface area contributed by atoms with E-state index in [9.17, 15) is 5.26 Å². The predicted molar refractivity (Wildman–Crippen MR) is 177 cm³/mol. The summed E-state index contributed by atoms with van der Waals surface area (Å²) >= 11 is 0. The Morgan fingerprint density at radius 3 is 2.57 bits per heavy atom. The van der Waals surface area contributed by atoms with Gasteiger partial charge in [0.1, 0.15) is 36.5 Å². The highest BCUT2D eigenvalue weighted by atomic mass is 16.5. The van der Waals surface area contributed by atoms with Crippen molar-refractivity contribution in [2.75, 3.05) is 31.6 Å². The van der Waals surface area contributed by atoms with Gasteiger partial charge >= 0.3 is 0 Å². The smallest absolute Gasteiger partial charge is 0.257 e.